The van der Waals surface area contributed by atoms with Crippen LogP contribution in [-0.2, 0) is 11.2 Å². The van der Waals surface area contributed by atoms with Crippen LogP contribution >= 0.6 is 11.3 Å². The Morgan fingerprint density at radius 3 is 2.73 bits per heavy atom. The Morgan fingerprint density at radius 1 is 1.19 bits per heavy atom. The van der Waals surface area contributed by atoms with Crippen molar-refractivity contribution in [1.29, 1.82) is 0 Å². The number of aromatic amines is 2. The standard InChI is InChI=1S/C18H16N4O3S/c1-3-25-18(24)15-9(2)14-16(23)21-13(22-17(14)26-15)8-12-19-10-6-4-5-7-11(10)20-12/h4-7H,3,8H2,1-2H3,(H,19,20)(H,21,22,23). The van der Waals surface area contributed by atoms with Gasteiger partial charge < -0.3 is 14.7 Å². The van der Waals surface area contributed by atoms with Gasteiger partial charge in [-0.1, -0.05) is 12.1 Å². The summed E-state index contributed by atoms with van der Waals surface area (Å²) < 4.78 is 5.05. The zero-order chi connectivity index (χ0) is 18.3. The molecule has 0 fully saturated rings. The van der Waals surface area contributed by atoms with Gasteiger partial charge in [0.1, 0.15) is 21.4 Å². The fourth-order valence-corrected chi connectivity index (χ4v) is 4.01. The number of hydrogen-bond acceptors (Lipinski definition) is 6. The molecule has 0 aliphatic carbocycles. The lowest BCUT2D eigenvalue weighted by Crippen LogP contribution is -2.12. The van der Waals surface area contributed by atoms with Crippen molar-refractivity contribution >= 4 is 38.6 Å². The third kappa shape index (κ3) is 2.78. The molecule has 4 rings (SSSR count). The molecule has 0 saturated carbocycles. The van der Waals surface area contributed by atoms with Gasteiger partial charge in [-0.05, 0) is 31.5 Å². The number of thiophene rings is 1. The Labute approximate surface area is 152 Å². The molecular weight excluding hydrogens is 352 g/mol. The molecule has 0 bridgehead atoms. The van der Waals surface area contributed by atoms with E-state index in [2.05, 4.69) is 19.9 Å². The summed E-state index contributed by atoms with van der Waals surface area (Å²) in [6, 6.07) is 7.72. The number of rotatable bonds is 4. The number of esters is 1. The summed E-state index contributed by atoms with van der Waals surface area (Å²) in [7, 11) is 0. The SMILES string of the molecule is CCOC(=O)c1sc2nc(Cc3nc4ccccc4[nH]3)[nH]c(=O)c2c1C. The third-order valence-corrected chi connectivity index (χ3v) is 5.25. The molecule has 3 aromatic heterocycles. The molecule has 132 valence electrons. The van der Waals surface area contributed by atoms with Crippen LogP contribution in [0.1, 0.15) is 33.8 Å². The number of nitrogens with zero attached hydrogens (tertiary/aromatic N) is 2. The lowest BCUT2D eigenvalue weighted by atomic mass is 10.2. The first-order chi connectivity index (χ1) is 12.6. The van der Waals surface area contributed by atoms with E-state index in [1.807, 2.05) is 24.3 Å². The highest BCUT2D eigenvalue weighted by Gasteiger charge is 2.20. The van der Waals surface area contributed by atoms with Crippen LogP contribution in [0, 0.1) is 6.92 Å². The first-order valence-corrected chi connectivity index (χ1v) is 9.01. The Bertz CT molecular complexity index is 1160. The number of benzene rings is 1. The smallest absolute Gasteiger partial charge is 0.348 e. The molecule has 0 atom stereocenters. The van der Waals surface area contributed by atoms with Crippen molar-refractivity contribution < 1.29 is 9.53 Å². The van der Waals surface area contributed by atoms with Gasteiger partial charge in [-0.15, -0.1) is 11.3 Å². The molecule has 0 unspecified atom stereocenters. The van der Waals surface area contributed by atoms with E-state index in [-0.39, 0.29) is 12.2 Å². The van der Waals surface area contributed by atoms with E-state index in [1.165, 1.54) is 11.3 Å². The van der Waals surface area contributed by atoms with Gasteiger partial charge in [-0.25, -0.2) is 14.8 Å². The second-order valence-electron chi connectivity index (χ2n) is 5.85. The van der Waals surface area contributed by atoms with Gasteiger partial charge >= 0.3 is 5.97 Å². The Balaban J connectivity index is 1.74. The third-order valence-electron chi connectivity index (χ3n) is 4.08. The first kappa shape index (κ1) is 16.5. The topological polar surface area (TPSA) is 101 Å². The maximum atomic E-state index is 12.5. The van der Waals surface area contributed by atoms with Crippen molar-refractivity contribution in [2.24, 2.45) is 0 Å². The normalized spacial score (nSPS) is 11.3. The first-order valence-electron chi connectivity index (χ1n) is 8.20. The fourth-order valence-electron chi connectivity index (χ4n) is 2.91. The van der Waals surface area contributed by atoms with Crippen LogP contribution in [0.25, 0.3) is 21.3 Å². The Kier molecular flexibility index (Phi) is 4.04. The fraction of sp³-hybridized carbons (Fsp3) is 0.222. The molecule has 26 heavy (non-hydrogen) atoms. The lowest BCUT2D eigenvalue weighted by molar-refractivity contribution is 0.0531. The van der Waals surface area contributed by atoms with Crippen molar-refractivity contribution in [2.75, 3.05) is 6.61 Å². The number of nitrogens with one attached hydrogen (secondary N) is 2. The van der Waals surface area contributed by atoms with E-state index in [0.29, 0.717) is 38.7 Å². The summed E-state index contributed by atoms with van der Waals surface area (Å²) in [5, 5.41) is 0.436. The predicted molar refractivity (Wildman–Crippen MR) is 99.8 cm³/mol. The monoisotopic (exact) mass is 368 g/mol. The number of hydrogen-bond donors (Lipinski definition) is 2. The minimum absolute atomic E-state index is 0.259. The zero-order valence-corrected chi connectivity index (χ0v) is 15.1. The summed E-state index contributed by atoms with van der Waals surface area (Å²) in [5.41, 5.74) is 2.14. The van der Waals surface area contributed by atoms with Crippen molar-refractivity contribution in [3.05, 3.63) is 56.7 Å². The maximum absolute atomic E-state index is 12.5. The van der Waals surface area contributed by atoms with Gasteiger partial charge in [-0.2, -0.15) is 0 Å². The van der Waals surface area contributed by atoms with Crippen molar-refractivity contribution in [2.45, 2.75) is 20.3 Å². The van der Waals surface area contributed by atoms with Gasteiger partial charge in [0.05, 0.1) is 29.4 Å². The molecule has 2 N–H and O–H groups in total. The zero-order valence-electron chi connectivity index (χ0n) is 14.3. The Morgan fingerprint density at radius 2 is 1.96 bits per heavy atom. The van der Waals surface area contributed by atoms with Crippen LogP contribution in [0.2, 0.25) is 0 Å². The van der Waals surface area contributed by atoms with Crippen LogP contribution in [0.5, 0.6) is 0 Å². The summed E-state index contributed by atoms with van der Waals surface area (Å²) >= 11 is 1.18. The molecule has 0 saturated heterocycles. The van der Waals surface area contributed by atoms with E-state index in [9.17, 15) is 9.59 Å². The number of aromatic nitrogens is 4. The molecule has 0 amide bonds. The van der Waals surface area contributed by atoms with Gasteiger partial charge in [0.15, 0.2) is 0 Å². The summed E-state index contributed by atoms with van der Waals surface area (Å²) in [5.74, 6) is 0.789. The molecular formula is C18H16N4O3S. The molecule has 8 heteroatoms. The maximum Gasteiger partial charge on any atom is 0.348 e. The van der Waals surface area contributed by atoms with Crippen LogP contribution in [0.3, 0.4) is 0 Å². The van der Waals surface area contributed by atoms with Crippen LogP contribution in [0.4, 0.5) is 0 Å². The lowest BCUT2D eigenvalue weighted by Gasteiger charge is -1.99. The highest BCUT2D eigenvalue weighted by atomic mass is 32.1. The second-order valence-corrected chi connectivity index (χ2v) is 6.85. The quantitative estimate of drug-likeness (QED) is 0.539. The van der Waals surface area contributed by atoms with Crippen LogP contribution in [0.15, 0.2) is 29.1 Å². The van der Waals surface area contributed by atoms with E-state index < -0.39 is 5.97 Å². The van der Waals surface area contributed by atoms with E-state index in [4.69, 9.17) is 4.74 Å². The van der Waals surface area contributed by atoms with E-state index in [0.717, 1.165) is 11.0 Å². The van der Waals surface area contributed by atoms with E-state index in [1.54, 1.807) is 13.8 Å². The number of carbonyl (C=O) groups is 1. The largest absolute Gasteiger partial charge is 0.462 e. The molecule has 0 radical (unpaired) electrons. The summed E-state index contributed by atoms with van der Waals surface area (Å²) in [6.07, 6.45) is 0.367. The van der Waals surface area contributed by atoms with Gasteiger partial charge in [0.2, 0.25) is 0 Å². The van der Waals surface area contributed by atoms with Crippen molar-refractivity contribution in [1.82, 2.24) is 19.9 Å². The molecule has 1 aromatic carbocycles. The van der Waals surface area contributed by atoms with Crippen LogP contribution in [-0.4, -0.2) is 32.5 Å². The number of fused-ring (bicyclic) bond motifs is 2. The molecule has 0 aliphatic rings. The highest BCUT2D eigenvalue weighted by molar-refractivity contribution is 7.20. The average molecular weight is 368 g/mol. The summed E-state index contributed by atoms with van der Waals surface area (Å²) in [4.78, 5) is 40.5. The number of ether oxygens (including phenoxy) is 1. The van der Waals surface area contributed by atoms with Crippen molar-refractivity contribution in [3.63, 3.8) is 0 Å². The molecule has 7 nitrogen and oxygen atoms in total. The minimum Gasteiger partial charge on any atom is -0.462 e. The summed E-state index contributed by atoms with van der Waals surface area (Å²) in [6.45, 7) is 3.77. The van der Waals surface area contributed by atoms with Gasteiger partial charge in [0, 0.05) is 0 Å². The molecule has 3 heterocycles. The van der Waals surface area contributed by atoms with E-state index >= 15 is 0 Å². The molecule has 0 aliphatic heterocycles. The Hall–Kier alpha value is -3.00. The van der Waals surface area contributed by atoms with Gasteiger partial charge in [0.25, 0.3) is 5.56 Å². The number of aryl methyl sites for hydroxylation is 1. The average Bonchev–Trinajstić information content (AvgIpc) is 3.15. The number of para-hydroxylation sites is 2. The minimum atomic E-state index is -0.425. The second kappa shape index (κ2) is 6.38. The molecule has 4 aromatic rings. The number of carbonyl (C=O) groups excluding carboxylic acids is 1. The number of imidazole rings is 1. The number of H-pyrrole nitrogens is 2. The van der Waals surface area contributed by atoms with Gasteiger partial charge in [-0.3, -0.25) is 4.79 Å². The van der Waals surface area contributed by atoms with Crippen LogP contribution < -0.4 is 5.56 Å². The molecule has 0 spiro atoms. The highest BCUT2D eigenvalue weighted by Crippen LogP contribution is 2.27. The van der Waals surface area contributed by atoms with Crippen molar-refractivity contribution in [3.8, 4) is 0 Å². The predicted octanol–water partition coefficient (Wildman–Crippen LogP) is 2.94.